The number of rotatable bonds is 2. The van der Waals surface area contributed by atoms with Gasteiger partial charge in [0.15, 0.2) is 0 Å². The molecule has 76 valence electrons. The molecule has 1 fully saturated rings. The van der Waals surface area contributed by atoms with Crippen molar-refractivity contribution < 1.29 is 4.79 Å². The van der Waals surface area contributed by atoms with Crippen LogP contribution in [-0.2, 0) is 0 Å². The molecule has 0 aromatic carbocycles. The van der Waals surface area contributed by atoms with Crippen LogP contribution in [0.25, 0.3) is 0 Å². The number of nitrogens with one attached hydrogen (secondary N) is 1. The van der Waals surface area contributed by atoms with Crippen molar-refractivity contribution in [3.63, 3.8) is 0 Å². The predicted molar refractivity (Wildman–Crippen MR) is 61.7 cm³/mol. The highest BCUT2D eigenvalue weighted by Crippen LogP contribution is 2.44. The van der Waals surface area contributed by atoms with E-state index in [9.17, 15) is 4.79 Å². The number of carbonyl (C=O) groups is 1. The van der Waals surface area contributed by atoms with Gasteiger partial charge < -0.3 is 5.32 Å². The van der Waals surface area contributed by atoms with Crippen LogP contribution in [0.3, 0.4) is 0 Å². The van der Waals surface area contributed by atoms with Gasteiger partial charge in [-0.15, -0.1) is 11.3 Å². The molecule has 1 aliphatic carbocycles. The first kappa shape index (κ1) is 10.2. The Balaban J connectivity index is 1.97. The van der Waals surface area contributed by atoms with Crippen LogP contribution in [0, 0.1) is 5.41 Å². The van der Waals surface area contributed by atoms with E-state index in [0.29, 0.717) is 11.5 Å². The number of amides is 1. The number of halogens is 1. The van der Waals surface area contributed by atoms with Crippen molar-refractivity contribution in [2.24, 2.45) is 5.41 Å². The van der Waals surface area contributed by atoms with Crippen LogP contribution in [-0.4, -0.2) is 11.9 Å². The van der Waals surface area contributed by atoms with Crippen molar-refractivity contribution in [3.05, 3.63) is 20.8 Å². The van der Waals surface area contributed by atoms with Gasteiger partial charge in [0.25, 0.3) is 5.91 Å². The van der Waals surface area contributed by atoms with Gasteiger partial charge in [-0.1, -0.05) is 13.8 Å². The zero-order valence-corrected chi connectivity index (χ0v) is 10.5. The Morgan fingerprint density at radius 3 is 2.79 bits per heavy atom. The second-order valence-electron chi connectivity index (χ2n) is 4.36. The van der Waals surface area contributed by atoms with Crippen LogP contribution >= 0.6 is 27.3 Å². The molecule has 0 spiro atoms. The maximum Gasteiger partial charge on any atom is 0.252 e. The molecule has 1 aromatic rings. The Morgan fingerprint density at radius 2 is 2.36 bits per heavy atom. The minimum atomic E-state index is 0.0440. The average molecular weight is 274 g/mol. The normalized spacial score (nSPS) is 23.2. The number of hydrogen-bond donors (Lipinski definition) is 1. The smallest absolute Gasteiger partial charge is 0.252 e. The fourth-order valence-corrected chi connectivity index (χ4v) is 2.52. The van der Waals surface area contributed by atoms with Crippen molar-refractivity contribution in [3.8, 4) is 0 Å². The van der Waals surface area contributed by atoms with Gasteiger partial charge in [0.1, 0.15) is 0 Å². The highest BCUT2D eigenvalue weighted by atomic mass is 79.9. The summed E-state index contributed by atoms with van der Waals surface area (Å²) in [6, 6.07) is 2.21. The fourth-order valence-electron chi connectivity index (χ4n) is 1.38. The van der Waals surface area contributed by atoms with Gasteiger partial charge in [-0.2, -0.15) is 0 Å². The number of hydrogen-bond acceptors (Lipinski definition) is 2. The lowest BCUT2D eigenvalue weighted by Gasteiger charge is -2.04. The summed E-state index contributed by atoms with van der Waals surface area (Å²) in [6.45, 7) is 4.34. The van der Waals surface area contributed by atoms with Crippen molar-refractivity contribution in [1.82, 2.24) is 5.32 Å². The molecule has 0 saturated heterocycles. The summed E-state index contributed by atoms with van der Waals surface area (Å²) in [7, 11) is 0. The standard InChI is InChI=1S/C10H12BrNOS/c1-10(2)4-7(10)12-9(13)6-3-8(11)14-5-6/h3,5,7H,4H2,1-2H3,(H,12,13). The molecule has 2 rings (SSSR count). The first-order valence-corrected chi connectivity index (χ1v) is 6.21. The second-order valence-corrected chi connectivity index (χ2v) is 6.65. The first-order valence-electron chi connectivity index (χ1n) is 4.54. The Kier molecular flexibility index (Phi) is 2.43. The number of carbonyl (C=O) groups excluding carboxylic acids is 1. The Hall–Kier alpha value is -0.350. The molecule has 1 unspecified atom stereocenters. The van der Waals surface area contributed by atoms with E-state index in [1.54, 1.807) is 0 Å². The molecule has 1 aromatic heterocycles. The maximum absolute atomic E-state index is 11.7. The predicted octanol–water partition coefficient (Wildman–Crippen LogP) is 3.04. The lowest BCUT2D eigenvalue weighted by Crippen LogP contribution is -2.27. The van der Waals surface area contributed by atoms with Gasteiger partial charge in [0, 0.05) is 11.4 Å². The summed E-state index contributed by atoms with van der Waals surface area (Å²) in [4.78, 5) is 11.7. The van der Waals surface area contributed by atoms with E-state index in [0.717, 1.165) is 15.8 Å². The van der Waals surface area contributed by atoms with Crippen molar-refractivity contribution in [1.29, 1.82) is 0 Å². The van der Waals surface area contributed by atoms with Crippen LogP contribution in [0.5, 0.6) is 0 Å². The molecule has 0 bridgehead atoms. The van der Waals surface area contributed by atoms with Crippen LogP contribution in [0.2, 0.25) is 0 Å². The first-order chi connectivity index (χ1) is 6.49. The third kappa shape index (κ3) is 2.01. The van der Waals surface area contributed by atoms with Gasteiger partial charge in [-0.3, -0.25) is 4.79 Å². The van der Waals surface area contributed by atoms with E-state index in [-0.39, 0.29) is 5.91 Å². The topological polar surface area (TPSA) is 29.1 Å². The number of thiophene rings is 1. The van der Waals surface area contributed by atoms with Crippen LogP contribution in [0.1, 0.15) is 30.6 Å². The molecule has 14 heavy (non-hydrogen) atoms. The quantitative estimate of drug-likeness (QED) is 0.882. The molecular weight excluding hydrogens is 262 g/mol. The summed E-state index contributed by atoms with van der Waals surface area (Å²) in [6.07, 6.45) is 1.09. The molecule has 1 atom stereocenters. The molecule has 2 nitrogen and oxygen atoms in total. The van der Waals surface area contributed by atoms with E-state index >= 15 is 0 Å². The fraction of sp³-hybridized carbons (Fsp3) is 0.500. The van der Waals surface area contributed by atoms with Gasteiger partial charge in [0.05, 0.1) is 9.35 Å². The highest BCUT2D eigenvalue weighted by molar-refractivity contribution is 9.11. The van der Waals surface area contributed by atoms with Gasteiger partial charge in [0.2, 0.25) is 0 Å². The molecule has 0 aliphatic heterocycles. The van der Waals surface area contributed by atoms with Gasteiger partial charge in [-0.05, 0) is 33.8 Å². The minimum Gasteiger partial charge on any atom is -0.349 e. The SMILES string of the molecule is CC1(C)CC1NC(=O)c1csc(Br)c1. The third-order valence-electron chi connectivity index (χ3n) is 2.65. The van der Waals surface area contributed by atoms with Crippen LogP contribution in [0.4, 0.5) is 0 Å². The van der Waals surface area contributed by atoms with Crippen molar-refractivity contribution >= 4 is 33.2 Å². The lowest BCUT2D eigenvalue weighted by molar-refractivity contribution is 0.0947. The molecule has 1 aliphatic rings. The van der Waals surface area contributed by atoms with Crippen molar-refractivity contribution in [2.45, 2.75) is 26.3 Å². The van der Waals surface area contributed by atoms with Crippen LogP contribution in [0.15, 0.2) is 15.2 Å². The molecule has 4 heteroatoms. The molecule has 1 heterocycles. The summed E-state index contributed by atoms with van der Waals surface area (Å²) in [5.41, 5.74) is 1.05. The van der Waals surface area contributed by atoms with E-state index < -0.39 is 0 Å². The molecule has 1 N–H and O–H groups in total. The Labute approximate surface area is 95.8 Å². The third-order valence-corrected chi connectivity index (χ3v) is 4.15. The van der Waals surface area contributed by atoms with Gasteiger partial charge in [-0.25, -0.2) is 0 Å². The second kappa shape index (κ2) is 3.35. The average Bonchev–Trinajstić information content (AvgIpc) is 2.52. The Morgan fingerprint density at radius 1 is 1.71 bits per heavy atom. The zero-order chi connectivity index (χ0) is 10.3. The molecule has 1 amide bonds. The van der Waals surface area contributed by atoms with E-state index in [4.69, 9.17) is 0 Å². The molecule has 1 saturated carbocycles. The van der Waals surface area contributed by atoms with Crippen LogP contribution < -0.4 is 5.32 Å². The van der Waals surface area contributed by atoms with E-state index in [2.05, 4.69) is 35.1 Å². The largest absolute Gasteiger partial charge is 0.349 e. The molecule has 0 radical (unpaired) electrons. The maximum atomic E-state index is 11.7. The lowest BCUT2D eigenvalue weighted by atomic mass is 10.2. The summed E-state index contributed by atoms with van der Waals surface area (Å²) in [5.74, 6) is 0.0440. The molecular formula is C10H12BrNOS. The van der Waals surface area contributed by atoms with E-state index in [1.807, 2.05) is 11.4 Å². The Bertz CT molecular complexity index is 372. The zero-order valence-electron chi connectivity index (χ0n) is 8.13. The monoisotopic (exact) mass is 273 g/mol. The minimum absolute atomic E-state index is 0.0440. The summed E-state index contributed by atoms with van der Waals surface area (Å²) < 4.78 is 0.998. The highest BCUT2D eigenvalue weighted by Gasteiger charge is 2.46. The summed E-state index contributed by atoms with van der Waals surface area (Å²) in [5, 5.41) is 4.89. The van der Waals surface area contributed by atoms with E-state index in [1.165, 1.54) is 11.3 Å². The van der Waals surface area contributed by atoms with Gasteiger partial charge >= 0.3 is 0 Å². The van der Waals surface area contributed by atoms with Crippen molar-refractivity contribution in [2.75, 3.05) is 0 Å². The summed E-state index contributed by atoms with van der Waals surface area (Å²) >= 11 is 4.88.